The van der Waals surface area contributed by atoms with Crippen LogP contribution in [0.15, 0.2) is 28.5 Å². The maximum atomic E-state index is 11.5. The van der Waals surface area contributed by atoms with E-state index in [1.807, 2.05) is 24.3 Å². The lowest BCUT2D eigenvalue weighted by Crippen LogP contribution is -1.96. The van der Waals surface area contributed by atoms with Gasteiger partial charge in [-0.25, -0.2) is 13.4 Å². The summed E-state index contributed by atoms with van der Waals surface area (Å²) in [4.78, 5) is 4.28. The first-order valence-corrected chi connectivity index (χ1v) is 9.69. The van der Waals surface area contributed by atoms with Crippen LogP contribution >= 0.6 is 22.0 Å². The molecule has 0 N–H and O–H groups in total. The van der Waals surface area contributed by atoms with E-state index in [4.69, 9.17) is 15.4 Å². The lowest BCUT2D eigenvalue weighted by molar-refractivity contribution is 0.309. The predicted octanol–water partition coefficient (Wildman–Crippen LogP) is 4.22. The largest absolute Gasteiger partial charge is 0.494 e. The SMILES string of the molecule is CCCCOc1cccc(-c2nc(C)c(S(=O)(=O)Cl)s2)c1. The van der Waals surface area contributed by atoms with E-state index in [0.717, 1.165) is 35.5 Å². The number of aryl methyl sites for hydroxylation is 1. The summed E-state index contributed by atoms with van der Waals surface area (Å²) in [6.07, 6.45) is 2.07. The molecular formula is C14H16ClNO3S2. The Labute approximate surface area is 133 Å². The molecule has 1 heterocycles. The summed E-state index contributed by atoms with van der Waals surface area (Å²) in [7, 11) is 1.65. The quantitative estimate of drug-likeness (QED) is 0.581. The van der Waals surface area contributed by atoms with E-state index in [2.05, 4.69) is 11.9 Å². The summed E-state index contributed by atoms with van der Waals surface area (Å²) in [6.45, 7) is 4.40. The van der Waals surface area contributed by atoms with E-state index < -0.39 is 9.05 Å². The number of nitrogens with zero attached hydrogens (tertiary/aromatic N) is 1. The number of ether oxygens (including phenoxy) is 1. The van der Waals surface area contributed by atoms with E-state index in [-0.39, 0.29) is 4.21 Å². The molecule has 7 heteroatoms. The van der Waals surface area contributed by atoms with Crippen molar-refractivity contribution in [3.63, 3.8) is 0 Å². The second-order valence-electron chi connectivity index (χ2n) is 4.56. The number of halogens is 1. The maximum Gasteiger partial charge on any atom is 0.272 e. The van der Waals surface area contributed by atoms with Gasteiger partial charge in [0.1, 0.15) is 10.8 Å². The fourth-order valence-electron chi connectivity index (χ4n) is 1.79. The molecule has 1 aromatic heterocycles. The molecule has 0 aliphatic heterocycles. The molecule has 2 aromatic rings. The van der Waals surface area contributed by atoms with Gasteiger partial charge in [0.15, 0.2) is 4.21 Å². The minimum absolute atomic E-state index is 0.0940. The van der Waals surface area contributed by atoms with E-state index in [0.29, 0.717) is 17.3 Å². The van der Waals surface area contributed by atoms with E-state index in [9.17, 15) is 8.42 Å². The molecule has 0 unspecified atom stereocenters. The second kappa shape index (κ2) is 6.77. The number of hydrogen-bond donors (Lipinski definition) is 0. The van der Waals surface area contributed by atoms with Gasteiger partial charge in [0.25, 0.3) is 9.05 Å². The van der Waals surface area contributed by atoms with Crippen LogP contribution < -0.4 is 4.74 Å². The Morgan fingerprint density at radius 1 is 1.38 bits per heavy atom. The highest BCUT2D eigenvalue weighted by molar-refractivity contribution is 8.15. The van der Waals surface area contributed by atoms with Crippen LogP contribution in [0.1, 0.15) is 25.5 Å². The summed E-state index contributed by atoms with van der Waals surface area (Å²) in [5.74, 6) is 0.754. The number of aromatic nitrogens is 1. The van der Waals surface area contributed by atoms with Crippen molar-refractivity contribution in [2.45, 2.75) is 30.9 Å². The number of thiazole rings is 1. The molecule has 0 atom stereocenters. The molecule has 0 fully saturated rings. The smallest absolute Gasteiger partial charge is 0.272 e. The summed E-state index contributed by atoms with van der Waals surface area (Å²) >= 11 is 1.07. The highest BCUT2D eigenvalue weighted by Gasteiger charge is 2.20. The third kappa shape index (κ3) is 4.18. The fraction of sp³-hybridized carbons (Fsp3) is 0.357. The maximum absolute atomic E-state index is 11.5. The third-order valence-corrected chi connectivity index (χ3v) is 6.21. The van der Waals surface area contributed by atoms with Crippen LogP contribution in [0, 0.1) is 6.92 Å². The summed E-state index contributed by atoms with van der Waals surface area (Å²) in [5.41, 5.74) is 1.24. The molecule has 0 aliphatic carbocycles. The minimum atomic E-state index is -3.75. The molecule has 2 rings (SSSR count). The molecule has 0 amide bonds. The Morgan fingerprint density at radius 3 is 2.76 bits per heavy atom. The van der Waals surface area contributed by atoms with Crippen LogP contribution in [0.4, 0.5) is 0 Å². The van der Waals surface area contributed by atoms with Gasteiger partial charge in [-0.15, -0.1) is 11.3 Å². The van der Waals surface area contributed by atoms with Gasteiger partial charge in [-0.3, -0.25) is 0 Å². The van der Waals surface area contributed by atoms with Gasteiger partial charge in [0.05, 0.1) is 12.3 Å². The van der Waals surface area contributed by atoms with Crippen molar-refractivity contribution in [3.05, 3.63) is 30.0 Å². The van der Waals surface area contributed by atoms with Crippen molar-refractivity contribution in [1.82, 2.24) is 4.98 Å². The van der Waals surface area contributed by atoms with Crippen molar-refractivity contribution in [2.24, 2.45) is 0 Å². The second-order valence-corrected chi connectivity index (χ2v) is 8.32. The molecule has 114 valence electrons. The van der Waals surface area contributed by atoms with Crippen molar-refractivity contribution in [1.29, 1.82) is 0 Å². The van der Waals surface area contributed by atoms with Crippen molar-refractivity contribution < 1.29 is 13.2 Å². The number of rotatable bonds is 6. The monoisotopic (exact) mass is 345 g/mol. The molecule has 0 saturated carbocycles. The molecule has 0 bridgehead atoms. The van der Waals surface area contributed by atoms with Gasteiger partial charge in [-0.1, -0.05) is 25.5 Å². The van der Waals surface area contributed by atoms with Crippen LogP contribution in [-0.2, 0) is 9.05 Å². The Kier molecular flexibility index (Phi) is 5.24. The first-order valence-electron chi connectivity index (χ1n) is 6.57. The molecular weight excluding hydrogens is 330 g/mol. The molecule has 0 spiro atoms. The molecule has 0 aliphatic rings. The first-order chi connectivity index (χ1) is 9.91. The topological polar surface area (TPSA) is 56.3 Å². The summed E-state index contributed by atoms with van der Waals surface area (Å²) in [6, 6.07) is 7.47. The minimum Gasteiger partial charge on any atom is -0.494 e. The normalized spacial score (nSPS) is 11.6. The molecule has 0 saturated heterocycles. The van der Waals surface area contributed by atoms with Crippen LogP contribution in [0.5, 0.6) is 5.75 Å². The van der Waals surface area contributed by atoms with E-state index >= 15 is 0 Å². The van der Waals surface area contributed by atoms with Crippen molar-refractivity contribution in [3.8, 4) is 16.3 Å². The van der Waals surface area contributed by atoms with E-state index in [1.165, 1.54) is 0 Å². The van der Waals surface area contributed by atoms with Gasteiger partial charge >= 0.3 is 0 Å². The molecule has 4 nitrogen and oxygen atoms in total. The average molecular weight is 346 g/mol. The third-order valence-electron chi connectivity index (χ3n) is 2.82. The van der Waals surface area contributed by atoms with Crippen LogP contribution in [0.3, 0.4) is 0 Å². The zero-order chi connectivity index (χ0) is 15.5. The van der Waals surface area contributed by atoms with Gasteiger partial charge in [0.2, 0.25) is 0 Å². The molecule has 21 heavy (non-hydrogen) atoms. The van der Waals surface area contributed by atoms with Crippen LogP contribution in [0.25, 0.3) is 10.6 Å². The molecule has 0 radical (unpaired) electrons. The zero-order valence-electron chi connectivity index (χ0n) is 11.8. The highest BCUT2D eigenvalue weighted by Crippen LogP contribution is 2.34. The Balaban J connectivity index is 2.28. The Hall–Kier alpha value is -1.11. The lowest BCUT2D eigenvalue weighted by atomic mass is 10.2. The van der Waals surface area contributed by atoms with Gasteiger partial charge in [0, 0.05) is 16.2 Å². The lowest BCUT2D eigenvalue weighted by Gasteiger charge is -2.06. The Bertz CT molecular complexity index is 726. The average Bonchev–Trinajstić information content (AvgIpc) is 2.82. The fourth-order valence-corrected chi connectivity index (χ4v) is 4.23. The summed E-state index contributed by atoms with van der Waals surface area (Å²) in [5, 5.41) is 0.618. The van der Waals surface area contributed by atoms with Crippen molar-refractivity contribution >= 4 is 31.1 Å². The molecule has 1 aromatic carbocycles. The number of hydrogen-bond acceptors (Lipinski definition) is 5. The predicted molar refractivity (Wildman–Crippen MR) is 85.7 cm³/mol. The van der Waals surface area contributed by atoms with Crippen molar-refractivity contribution in [2.75, 3.05) is 6.61 Å². The first kappa shape index (κ1) is 16.3. The number of benzene rings is 1. The van der Waals surface area contributed by atoms with E-state index in [1.54, 1.807) is 6.92 Å². The van der Waals surface area contributed by atoms with Gasteiger partial charge < -0.3 is 4.74 Å². The Morgan fingerprint density at radius 2 is 2.14 bits per heavy atom. The summed E-state index contributed by atoms with van der Waals surface area (Å²) < 4.78 is 28.6. The number of unbranched alkanes of at least 4 members (excludes halogenated alkanes) is 1. The standard InChI is InChI=1S/C14H16ClNO3S2/c1-3-4-8-19-12-7-5-6-11(9-12)13-16-10(2)14(20-13)21(15,17)18/h5-7,9H,3-4,8H2,1-2H3. The highest BCUT2D eigenvalue weighted by atomic mass is 35.7. The van der Waals surface area contributed by atoms with Gasteiger partial charge in [-0.2, -0.15) is 0 Å². The van der Waals surface area contributed by atoms with Gasteiger partial charge in [-0.05, 0) is 25.5 Å². The van der Waals surface area contributed by atoms with Crippen LogP contribution in [-0.4, -0.2) is 20.0 Å². The zero-order valence-corrected chi connectivity index (χ0v) is 14.2. The van der Waals surface area contributed by atoms with Crippen LogP contribution in [0.2, 0.25) is 0 Å².